The van der Waals surface area contributed by atoms with Crippen molar-refractivity contribution in [2.75, 3.05) is 5.32 Å². The van der Waals surface area contributed by atoms with Crippen molar-refractivity contribution in [1.29, 1.82) is 0 Å². The van der Waals surface area contributed by atoms with E-state index in [-0.39, 0.29) is 24.1 Å². The molecule has 4 rings (SSSR count). The van der Waals surface area contributed by atoms with Gasteiger partial charge in [0.25, 0.3) is 0 Å². The van der Waals surface area contributed by atoms with E-state index in [2.05, 4.69) is 20.8 Å². The first-order chi connectivity index (χ1) is 12.2. The molecule has 2 aromatic rings. The van der Waals surface area contributed by atoms with E-state index in [9.17, 15) is 9.18 Å². The van der Waals surface area contributed by atoms with Crippen LogP contribution in [-0.2, 0) is 11.2 Å². The molecule has 2 fully saturated rings. The molecule has 2 saturated heterocycles. The zero-order chi connectivity index (χ0) is 17.2. The van der Waals surface area contributed by atoms with Crippen LogP contribution in [0, 0.1) is 11.7 Å². The number of nitrogens with zero attached hydrogens (tertiary/aromatic N) is 2. The molecule has 0 aliphatic carbocycles. The van der Waals surface area contributed by atoms with Crippen molar-refractivity contribution < 1.29 is 9.18 Å². The van der Waals surface area contributed by atoms with Crippen molar-refractivity contribution in [2.45, 2.75) is 50.6 Å². The first kappa shape index (κ1) is 19.2. The molecular weight excluding hydrogens is 375 g/mol. The number of fused-ring (bicyclic) bond motifs is 2. The lowest BCUT2D eigenvalue weighted by molar-refractivity contribution is -0.117. The lowest BCUT2D eigenvalue weighted by Gasteiger charge is -2.28. The molecule has 0 saturated carbocycles. The fourth-order valence-corrected chi connectivity index (χ4v) is 4.73. The highest BCUT2D eigenvalue weighted by Gasteiger charge is 2.34. The number of carbonyl (C=O) groups excluding carboxylic acids is 1. The summed E-state index contributed by atoms with van der Waals surface area (Å²) in [5, 5.41) is 15.7. The monoisotopic (exact) mass is 396 g/mol. The van der Waals surface area contributed by atoms with Gasteiger partial charge in [-0.3, -0.25) is 4.79 Å². The highest BCUT2D eigenvalue weighted by Crippen LogP contribution is 2.33. The predicted octanol–water partition coefficient (Wildman–Crippen LogP) is 3.55. The average molecular weight is 397 g/mol. The van der Waals surface area contributed by atoms with Gasteiger partial charge in [-0.2, -0.15) is 0 Å². The zero-order valence-corrected chi connectivity index (χ0v) is 15.9. The van der Waals surface area contributed by atoms with Crippen LogP contribution in [0.1, 0.15) is 42.7 Å². The van der Waals surface area contributed by atoms with Crippen LogP contribution in [0.4, 0.5) is 9.52 Å². The first-order valence-corrected chi connectivity index (χ1v) is 9.59. The van der Waals surface area contributed by atoms with Crippen LogP contribution in [0.15, 0.2) is 24.3 Å². The molecule has 2 bridgehead atoms. The van der Waals surface area contributed by atoms with Crippen molar-refractivity contribution in [3.63, 3.8) is 0 Å². The first-order valence-electron chi connectivity index (χ1n) is 8.77. The topological polar surface area (TPSA) is 66.9 Å². The van der Waals surface area contributed by atoms with Crippen LogP contribution in [0.3, 0.4) is 0 Å². The number of hydrogen-bond acceptors (Lipinski definition) is 5. The quantitative estimate of drug-likeness (QED) is 0.811. The van der Waals surface area contributed by atoms with Crippen molar-refractivity contribution in [2.24, 2.45) is 5.92 Å². The molecule has 0 spiro atoms. The average Bonchev–Trinajstić information content (AvgIpc) is 3.15. The second-order valence-electron chi connectivity index (χ2n) is 7.00. The summed E-state index contributed by atoms with van der Waals surface area (Å²) in [6, 6.07) is 7.81. The van der Waals surface area contributed by atoms with E-state index in [0.717, 1.165) is 12.8 Å². The fraction of sp³-hybridized carbons (Fsp3) is 0.500. The largest absolute Gasteiger partial charge is 0.311 e. The third-order valence-corrected chi connectivity index (χ3v) is 5.90. The Kier molecular flexibility index (Phi) is 6.21. The second-order valence-corrected chi connectivity index (χ2v) is 8.06. The molecule has 5 nitrogen and oxygen atoms in total. The Bertz CT molecular complexity index is 759. The van der Waals surface area contributed by atoms with Gasteiger partial charge >= 0.3 is 0 Å². The van der Waals surface area contributed by atoms with Crippen LogP contribution in [-0.4, -0.2) is 28.2 Å². The van der Waals surface area contributed by atoms with Gasteiger partial charge in [0, 0.05) is 24.9 Å². The number of piperidine rings is 1. The Balaban J connectivity index is 0.00000196. The number of benzene rings is 1. The SMILES string of the molecule is Cl.O=C(CC1CC2CCC(C1)N2)Nc1nnc(Cc2ccccc2F)s1. The third kappa shape index (κ3) is 4.58. The fourth-order valence-electron chi connectivity index (χ4n) is 3.95. The smallest absolute Gasteiger partial charge is 0.226 e. The Morgan fingerprint density at radius 3 is 2.69 bits per heavy atom. The van der Waals surface area contributed by atoms with Crippen molar-refractivity contribution in [3.05, 3.63) is 40.7 Å². The van der Waals surface area contributed by atoms with Gasteiger partial charge in [-0.25, -0.2) is 4.39 Å². The molecule has 140 valence electrons. The summed E-state index contributed by atoms with van der Waals surface area (Å²) < 4.78 is 13.7. The van der Waals surface area contributed by atoms with Crippen LogP contribution < -0.4 is 10.6 Å². The Morgan fingerprint density at radius 1 is 1.23 bits per heavy atom. The molecule has 1 aromatic carbocycles. The van der Waals surface area contributed by atoms with Crippen molar-refractivity contribution >= 4 is 34.8 Å². The van der Waals surface area contributed by atoms with E-state index < -0.39 is 0 Å². The highest BCUT2D eigenvalue weighted by atomic mass is 35.5. The van der Waals surface area contributed by atoms with Gasteiger partial charge in [0.05, 0.1) is 0 Å². The molecule has 2 aliphatic heterocycles. The van der Waals surface area contributed by atoms with E-state index in [1.165, 1.54) is 30.2 Å². The molecule has 0 radical (unpaired) electrons. The molecule has 3 heterocycles. The zero-order valence-electron chi connectivity index (χ0n) is 14.3. The summed E-state index contributed by atoms with van der Waals surface area (Å²) in [4.78, 5) is 12.3. The summed E-state index contributed by atoms with van der Waals surface area (Å²) in [6.45, 7) is 0. The molecule has 1 aromatic heterocycles. The van der Waals surface area contributed by atoms with Gasteiger partial charge in [-0.15, -0.1) is 22.6 Å². The minimum atomic E-state index is -0.246. The van der Waals surface area contributed by atoms with Crippen molar-refractivity contribution in [1.82, 2.24) is 15.5 Å². The van der Waals surface area contributed by atoms with E-state index >= 15 is 0 Å². The number of hydrogen-bond donors (Lipinski definition) is 2. The molecular formula is C18H22ClFN4OS. The standard InChI is InChI=1S/C18H21FN4OS.ClH/c19-15-4-2-1-3-12(15)10-17-22-23-18(25-17)21-16(24)9-11-7-13-5-6-14(8-11)20-13;/h1-4,11,13-14,20H,5-10H2,(H,21,23,24);1H. The number of halogens is 2. The molecule has 2 aliphatic rings. The molecule has 2 unspecified atom stereocenters. The maximum Gasteiger partial charge on any atom is 0.226 e. The van der Waals surface area contributed by atoms with Crippen LogP contribution in [0.5, 0.6) is 0 Å². The summed E-state index contributed by atoms with van der Waals surface area (Å²) in [5.41, 5.74) is 0.585. The second kappa shape index (κ2) is 8.41. The molecule has 2 N–H and O–H groups in total. The number of anilines is 1. The molecule has 26 heavy (non-hydrogen) atoms. The summed E-state index contributed by atoms with van der Waals surface area (Å²) in [7, 11) is 0. The number of rotatable bonds is 5. The van der Waals surface area contributed by atoms with Gasteiger partial charge in [-0.05, 0) is 43.2 Å². The lowest BCUT2D eigenvalue weighted by Crippen LogP contribution is -2.39. The van der Waals surface area contributed by atoms with E-state index in [4.69, 9.17) is 0 Å². The minimum Gasteiger partial charge on any atom is -0.311 e. The lowest BCUT2D eigenvalue weighted by atomic mass is 9.89. The van der Waals surface area contributed by atoms with Gasteiger partial charge in [0.1, 0.15) is 10.8 Å². The Labute approximate surface area is 162 Å². The van der Waals surface area contributed by atoms with Gasteiger partial charge in [0.15, 0.2) is 0 Å². The highest BCUT2D eigenvalue weighted by molar-refractivity contribution is 7.15. The molecule has 2 atom stereocenters. The van der Waals surface area contributed by atoms with Gasteiger partial charge < -0.3 is 10.6 Å². The minimum absolute atomic E-state index is 0. The number of nitrogens with one attached hydrogen (secondary N) is 2. The number of amides is 1. The maximum atomic E-state index is 13.7. The predicted molar refractivity (Wildman–Crippen MR) is 102 cm³/mol. The number of carbonyl (C=O) groups is 1. The summed E-state index contributed by atoms with van der Waals surface area (Å²) >= 11 is 1.31. The van der Waals surface area contributed by atoms with Gasteiger partial charge in [0.2, 0.25) is 11.0 Å². The van der Waals surface area contributed by atoms with Crippen LogP contribution in [0.25, 0.3) is 0 Å². The third-order valence-electron chi connectivity index (χ3n) is 5.06. The van der Waals surface area contributed by atoms with E-state index in [1.807, 2.05) is 0 Å². The van der Waals surface area contributed by atoms with Crippen molar-refractivity contribution in [3.8, 4) is 0 Å². The van der Waals surface area contributed by atoms with E-state index in [1.54, 1.807) is 18.2 Å². The normalized spacial score (nSPS) is 24.1. The molecule has 8 heteroatoms. The Hall–Kier alpha value is -1.57. The van der Waals surface area contributed by atoms with Crippen LogP contribution in [0.2, 0.25) is 0 Å². The summed E-state index contributed by atoms with van der Waals surface area (Å²) in [6.07, 6.45) is 5.56. The van der Waals surface area contributed by atoms with E-state index in [0.29, 0.717) is 46.5 Å². The maximum absolute atomic E-state index is 13.7. The summed E-state index contributed by atoms with van der Waals surface area (Å²) in [5.74, 6) is 0.202. The number of aromatic nitrogens is 2. The Morgan fingerprint density at radius 2 is 1.96 bits per heavy atom. The van der Waals surface area contributed by atoms with Gasteiger partial charge in [-0.1, -0.05) is 29.5 Å². The molecule has 1 amide bonds. The van der Waals surface area contributed by atoms with Crippen LogP contribution >= 0.6 is 23.7 Å².